The van der Waals surface area contributed by atoms with Crippen LogP contribution in [0.2, 0.25) is 0 Å². The van der Waals surface area contributed by atoms with Crippen molar-refractivity contribution in [1.29, 1.82) is 0 Å². The van der Waals surface area contributed by atoms with Crippen LogP contribution < -0.4 is 16.4 Å². The van der Waals surface area contributed by atoms with Gasteiger partial charge in [0, 0.05) is 12.0 Å². The van der Waals surface area contributed by atoms with E-state index >= 15 is 0 Å². The highest BCUT2D eigenvalue weighted by Crippen LogP contribution is 2.09. The number of imide groups is 1. The van der Waals surface area contributed by atoms with Gasteiger partial charge in [-0.3, -0.25) is 10.1 Å². The lowest BCUT2D eigenvalue weighted by molar-refractivity contribution is -0.682. The molecule has 120 valence electrons. The Morgan fingerprint density at radius 1 is 1.09 bits per heavy atom. The Kier molecular flexibility index (Phi) is 5.82. The van der Waals surface area contributed by atoms with E-state index in [0.29, 0.717) is 18.5 Å². The maximum Gasteiger partial charge on any atom is 0.319 e. The van der Waals surface area contributed by atoms with Crippen LogP contribution in [0.15, 0.2) is 54.6 Å². The zero-order valence-electron chi connectivity index (χ0n) is 12.5. The molecular formula is C17H19FN3O2+. The molecule has 3 amide bonds. The first-order valence-corrected chi connectivity index (χ1v) is 7.30. The summed E-state index contributed by atoms with van der Waals surface area (Å²) in [4.78, 5) is 23.1. The van der Waals surface area contributed by atoms with Gasteiger partial charge in [0.05, 0.1) is 6.54 Å². The summed E-state index contributed by atoms with van der Waals surface area (Å²) in [7, 11) is 0. The first-order valence-electron chi connectivity index (χ1n) is 7.30. The maximum atomic E-state index is 13.6. The summed E-state index contributed by atoms with van der Waals surface area (Å²) in [6.07, 6.45) is 0.472. The number of primary amides is 1. The second-order valence-electron chi connectivity index (χ2n) is 5.11. The van der Waals surface area contributed by atoms with Gasteiger partial charge in [0.25, 0.3) is 5.91 Å². The van der Waals surface area contributed by atoms with Gasteiger partial charge in [-0.2, -0.15) is 0 Å². The SMILES string of the molecule is NC(=O)NC(=O)[C@H]([NH2+]CCc1ccccc1F)c1ccccc1. The largest absolute Gasteiger partial charge is 0.351 e. The average Bonchev–Trinajstić information content (AvgIpc) is 2.53. The lowest BCUT2D eigenvalue weighted by atomic mass is 10.1. The van der Waals surface area contributed by atoms with Crippen molar-refractivity contribution in [3.63, 3.8) is 0 Å². The number of benzene rings is 2. The van der Waals surface area contributed by atoms with Crippen LogP contribution in [0.1, 0.15) is 17.2 Å². The van der Waals surface area contributed by atoms with E-state index in [2.05, 4.69) is 5.32 Å². The van der Waals surface area contributed by atoms with Crippen molar-refractivity contribution in [2.24, 2.45) is 5.73 Å². The zero-order valence-corrected chi connectivity index (χ0v) is 12.5. The van der Waals surface area contributed by atoms with Crippen molar-refractivity contribution in [2.45, 2.75) is 12.5 Å². The number of hydrogen-bond acceptors (Lipinski definition) is 2. The number of amides is 3. The van der Waals surface area contributed by atoms with Gasteiger partial charge < -0.3 is 11.1 Å². The first-order chi connectivity index (χ1) is 11.1. The Labute approximate surface area is 133 Å². The van der Waals surface area contributed by atoms with Gasteiger partial charge >= 0.3 is 6.03 Å². The van der Waals surface area contributed by atoms with E-state index in [1.807, 2.05) is 18.2 Å². The van der Waals surface area contributed by atoms with Gasteiger partial charge in [-0.1, -0.05) is 48.5 Å². The molecule has 0 unspecified atom stereocenters. The molecule has 0 radical (unpaired) electrons. The van der Waals surface area contributed by atoms with Crippen molar-refractivity contribution in [3.8, 4) is 0 Å². The number of urea groups is 1. The van der Waals surface area contributed by atoms with Crippen LogP contribution in [-0.4, -0.2) is 18.5 Å². The number of quaternary nitrogens is 1. The fourth-order valence-electron chi connectivity index (χ4n) is 2.36. The molecule has 0 saturated carbocycles. The Balaban J connectivity index is 2.04. The van der Waals surface area contributed by atoms with Crippen molar-refractivity contribution >= 4 is 11.9 Å². The summed E-state index contributed by atoms with van der Waals surface area (Å²) in [5, 5.41) is 3.86. The predicted molar refractivity (Wildman–Crippen MR) is 83.8 cm³/mol. The molecule has 0 saturated heterocycles. The highest BCUT2D eigenvalue weighted by molar-refractivity contribution is 5.96. The molecule has 6 heteroatoms. The Bertz CT molecular complexity index is 677. The van der Waals surface area contributed by atoms with Crippen LogP contribution >= 0.6 is 0 Å². The van der Waals surface area contributed by atoms with Gasteiger partial charge in [0.2, 0.25) is 0 Å². The van der Waals surface area contributed by atoms with E-state index < -0.39 is 18.0 Å². The molecule has 0 aliphatic carbocycles. The second kappa shape index (κ2) is 8.05. The van der Waals surface area contributed by atoms with E-state index in [4.69, 9.17) is 5.73 Å². The fraction of sp³-hybridized carbons (Fsp3) is 0.176. The smallest absolute Gasteiger partial charge is 0.319 e. The molecule has 0 bridgehead atoms. The van der Waals surface area contributed by atoms with Gasteiger partial charge in [0.1, 0.15) is 5.82 Å². The van der Waals surface area contributed by atoms with Gasteiger partial charge in [-0.25, -0.2) is 9.18 Å². The molecule has 23 heavy (non-hydrogen) atoms. The summed E-state index contributed by atoms with van der Waals surface area (Å²) >= 11 is 0. The lowest BCUT2D eigenvalue weighted by Gasteiger charge is -2.15. The molecule has 0 fully saturated rings. The molecule has 0 heterocycles. The summed E-state index contributed by atoms with van der Waals surface area (Å²) in [5.41, 5.74) is 6.35. The quantitative estimate of drug-likeness (QED) is 0.738. The van der Waals surface area contributed by atoms with E-state index in [1.54, 1.807) is 35.6 Å². The van der Waals surface area contributed by atoms with Crippen LogP contribution in [0.25, 0.3) is 0 Å². The number of nitrogens with one attached hydrogen (secondary N) is 1. The summed E-state index contributed by atoms with van der Waals surface area (Å²) in [6.45, 7) is 0.493. The third-order valence-electron chi connectivity index (χ3n) is 3.46. The number of hydrogen-bond donors (Lipinski definition) is 3. The number of halogens is 1. The van der Waals surface area contributed by atoms with Crippen molar-refractivity contribution < 1.29 is 19.3 Å². The van der Waals surface area contributed by atoms with Gasteiger partial charge in [-0.15, -0.1) is 0 Å². The molecule has 2 rings (SSSR count). The minimum atomic E-state index is -0.890. The van der Waals surface area contributed by atoms with Crippen molar-refractivity contribution in [1.82, 2.24) is 5.32 Å². The summed E-state index contributed by atoms with van der Waals surface area (Å²) in [6, 6.07) is 14.1. The molecular weight excluding hydrogens is 297 g/mol. The number of carbonyl (C=O) groups is 2. The van der Waals surface area contributed by atoms with Crippen molar-refractivity contribution in [2.75, 3.05) is 6.54 Å². The van der Waals surface area contributed by atoms with Crippen LogP contribution in [0.5, 0.6) is 0 Å². The van der Waals surface area contributed by atoms with Crippen molar-refractivity contribution in [3.05, 3.63) is 71.5 Å². The summed E-state index contributed by atoms with van der Waals surface area (Å²) in [5.74, 6) is -0.754. The van der Waals surface area contributed by atoms with Gasteiger partial charge in [0.15, 0.2) is 6.04 Å². The lowest BCUT2D eigenvalue weighted by Crippen LogP contribution is -2.88. The van der Waals surface area contributed by atoms with Crippen LogP contribution in [0.4, 0.5) is 9.18 Å². The molecule has 1 atom stereocenters. The second-order valence-corrected chi connectivity index (χ2v) is 5.11. The number of carbonyl (C=O) groups excluding carboxylic acids is 2. The van der Waals surface area contributed by atoms with Crippen LogP contribution in [0.3, 0.4) is 0 Å². The average molecular weight is 316 g/mol. The third kappa shape index (κ3) is 4.89. The molecule has 2 aromatic rings. The molecule has 0 aromatic heterocycles. The Morgan fingerprint density at radius 3 is 2.39 bits per heavy atom. The van der Waals surface area contributed by atoms with E-state index in [0.717, 1.165) is 5.56 Å². The third-order valence-corrected chi connectivity index (χ3v) is 3.46. The van der Waals surface area contributed by atoms with Crippen LogP contribution in [-0.2, 0) is 11.2 Å². The number of rotatable bonds is 6. The molecule has 0 aliphatic heterocycles. The minimum absolute atomic E-state index is 0.265. The monoisotopic (exact) mass is 316 g/mol. The standard InChI is InChI=1S/C17H18FN3O2/c18-14-9-5-4-6-12(14)10-11-20-15(16(22)21-17(19)23)13-7-2-1-3-8-13/h1-9,15,20H,10-11H2,(H3,19,21,22,23)/p+1/t15-/m1/s1. The molecule has 0 spiro atoms. The Morgan fingerprint density at radius 2 is 1.74 bits per heavy atom. The minimum Gasteiger partial charge on any atom is -0.351 e. The maximum absolute atomic E-state index is 13.6. The highest BCUT2D eigenvalue weighted by atomic mass is 19.1. The van der Waals surface area contributed by atoms with Crippen LogP contribution in [0, 0.1) is 5.82 Å². The topological polar surface area (TPSA) is 88.8 Å². The highest BCUT2D eigenvalue weighted by Gasteiger charge is 2.24. The predicted octanol–water partition coefficient (Wildman–Crippen LogP) is 0.868. The number of nitrogens with two attached hydrogens (primary N) is 2. The first kappa shape index (κ1) is 16.6. The molecule has 5 nitrogen and oxygen atoms in total. The fourth-order valence-corrected chi connectivity index (χ4v) is 2.36. The van der Waals surface area contributed by atoms with Gasteiger partial charge in [-0.05, 0) is 11.6 Å². The Hall–Kier alpha value is -2.73. The molecule has 2 aromatic carbocycles. The van der Waals surface area contributed by atoms with E-state index in [1.165, 1.54) is 6.07 Å². The summed E-state index contributed by atoms with van der Waals surface area (Å²) < 4.78 is 13.6. The van der Waals surface area contributed by atoms with E-state index in [-0.39, 0.29) is 5.82 Å². The zero-order chi connectivity index (χ0) is 16.7. The van der Waals surface area contributed by atoms with E-state index in [9.17, 15) is 14.0 Å². The molecule has 0 aliphatic rings. The molecule has 5 N–H and O–H groups in total. The normalized spacial score (nSPS) is 11.7.